The second kappa shape index (κ2) is 13.4. The fourth-order valence-electron chi connectivity index (χ4n) is 3.87. The molecule has 0 radical (unpaired) electrons. The van der Waals surface area contributed by atoms with Gasteiger partial charge in [0.15, 0.2) is 0 Å². The fourth-order valence-corrected chi connectivity index (χ4v) is 5.04. The second-order valence-corrected chi connectivity index (χ2v) is 12.0. The first-order valence-corrected chi connectivity index (χ1v) is 14.2. The van der Waals surface area contributed by atoms with Crippen LogP contribution in [0.3, 0.4) is 0 Å². The first-order chi connectivity index (χ1) is 17.5. The molecule has 0 aliphatic carbocycles. The zero-order valence-corrected chi connectivity index (χ0v) is 24.1. The zero-order chi connectivity index (χ0) is 27.0. The van der Waals surface area contributed by atoms with Gasteiger partial charge in [-0.3, -0.25) is 9.59 Å². The van der Waals surface area contributed by atoms with Gasteiger partial charge in [-0.15, -0.1) is 11.8 Å². The summed E-state index contributed by atoms with van der Waals surface area (Å²) in [4.78, 5) is 29.0. The number of aryl methyl sites for hydroxylation is 1. The highest BCUT2D eigenvalue weighted by atomic mass is 35.5. The van der Waals surface area contributed by atoms with Crippen molar-refractivity contribution in [1.29, 1.82) is 0 Å². The number of nitrogens with one attached hydrogen (secondary N) is 1. The third-order valence-corrected chi connectivity index (χ3v) is 7.45. The molecule has 0 saturated carbocycles. The fraction of sp³-hybridized carbons (Fsp3) is 0.333. The Hall–Kier alpha value is -2.47. The summed E-state index contributed by atoms with van der Waals surface area (Å²) in [5, 5.41) is 4.09. The van der Waals surface area contributed by atoms with Gasteiger partial charge < -0.3 is 10.2 Å². The van der Waals surface area contributed by atoms with E-state index < -0.39 is 11.6 Å². The summed E-state index contributed by atoms with van der Waals surface area (Å²) in [6.45, 7) is 8.22. The minimum atomic E-state index is -0.652. The van der Waals surface area contributed by atoms with Crippen LogP contribution in [0.15, 0.2) is 72.8 Å². The number of thioether (sulfide) groups is 1. The summed E-state index contributed by atoms with van der Waals surface area (Å²) in [5.41, 5.74) is 3.69. The van der Waals surface area contributed by atoms with Crippen LogP contribution in [0.5, 0.6) is 0 Å². The van der Waals surface area contributed by atoms with Crippen molar-refractivity contribution in [2.24, 2.45) is 0 Å². The normalized spacial score (nSPS) is 12.2. The Morgan fingerprint density at radius 3 is 2.16 bits per heavy atom. The topological polar surface area (TPSA) is 49.4 Å². The molecule has 0 spiro atoms. The molecule has 7 heteroatoms. The molecule has 37 heavy (non-hydrogen) atoms. The lowest BCUT2D eigenvalue weighted by Crippen LogP contribution is -2.54. The lowest BCUT2D eigenvalue weighted by atomic mass is 10.0. The summed E-state index contributed by atoms with van der Waals surface area (Å²) < 4.78 is 0. The number of rotatable bonds is 10. The average Bonchev–Trinajstić information content (AvgIpc) is 2.84. The van der Waals surface area contributed by atoms with Crippen LogP contribution in [0.4, 0.5) is 0 Å². The molecule has 0 saturated heterocycles. The van der Waals surface area contributed by atoms with Gasteiger partial charge in [0, 0.05) is 24.3 Å². The minimum Gasteiger partial charge on any atom is -0.350 e. The number of halogens is 2. The number of nitrogens with zero attached hydrogens (tertiary/aromatic N) is 1. The predicted octanol–water partition coefficient (Wildman–Crippen LogP) is 7.09. The molecule has 0 fully saturated rings. The van der Waals surface area contributed by atoms with E-state index in [1.807, 2.05) is 94.4 Å². The average molecular weight is 558 g/mol. The van der Waals surface area contributed by atoms with E-state index >= 15 is 0 Å². The van der Waals surface area contributed by atoms with Gasteiger partial charge in [-0.25, -0.2) is 0 Å². The minimum absolute atomic E-state index is 0.0874. The van der Waals surface area contributed by atoms with Crippen LogP contribution in [0.25, 0.3) is 0 Å². The van der Waals surface area contributed by atoms with E-state index in [-0.39, 0.29) is 17.6 Å². The molecule has 0 aromatic heterocycles. The van der Waals surface area contributed by atoms with Crippen LogP contribution in [-0.4, -0.2) is 34.0 Å². The molecule has 1 atom stereocenters. The van der Waals surface area contributed by atoms with Crippen LogP contribution in [0.2, 0.25) is 10.0 Å². The van der Waals surface area contributed by atoms with Gasteiger partial charge in [0.25, 0.3) is 0 Å². The third kappa shape index (κ3) is 9.41. The van der Waals surface area contributed by atoms with E-state index in [0.717, 1.165) is 22.3 Å². The summed E-state index contributed by atoms with van der Waals surface area (Å²) in [6.07, 6.45) is 0.428. The third-order valence-electron chi connectivity index (χ3n) is 5.72. The highest BCUT2D eigenvalue weighted by Crippen LogP contribution is 2.25. The Balaban J connectivity index is 1.86. The van der Waals surface area contributed by atoms with Gasteiger partial charge in [0.1, 0.15) is 6.04 Å². The van der Waals surface area contributed by atoms with Gasteiger partial charge in [-0.2, -0.15) is 0 Å². The molecule has 2 amide bonds. The maximum Gasteiger partial charge on any atom is 0.243 e. The Morgan fingerprint density at radius 1 is 0.892 bits per heavy atom. The molecule has 196 valence electrons. The Bertz CT molecular complexity index is 1190. The molecule has 3 aromatic carbocycles. The molecule has 0 bridgehead atoms. The smallest absolute Gasteiger partial charge is 0.243 e. The molecule has 0 aliphatic heterocycles. The summed E-state index contributed by atoms with van der Waals surface area (Å²) in [6, 6.07) is 22.7. The highest BCUT2D eigenvalue weighted by molar-refractivity contribution is 7.99. The molecular weight excluding hydrogens is 523 g/mol. The molecule has 0 unspecified atom stereocenters. The van der Waals surface area contributed by atoms with Crippen LogP contribution < -0.4 is 5.32 Å². The highest BCUT2D eigenvalue weighted by Gasteiger charge is 2.32. The van der Waals surface area contributed by atoms with Crippen molar-refractivity contribution in [2.75, 3.05) is 5.75 Å². The summed E-state index contributed by atoms with van der Waals surface area (Å²) >= 11 is 13.7. The number of carbonyl (C=O) groups excluding carboxylic acids is 2. The number of hydrogen-bond acceptors (Lipinski definition) is 3. The van der Waals surface area contributed by atoms with Crippen LogP contribution in [0, 0.1) is 6.92 Å². The lowest BCUT2D eigenvalue weighted by Gasteiger charge is -2.34. The molecular formula is C30H34Cl2N2O2S. The van der Waals surface area contributed by atoms with E-state index in [9.17, 15) is 9.59 Å². The summed E-state index contributed by atoms with van der Waals surface area (Å²) in [5.74, 6) is 0.598. The van der Waals surface area contributed by atoms with Crippen molar-refractivity contribution in [1.82, 2.24) is 10.2 Å². The van der Waals surface area contributed by atoms with Crippen LogP contribution in [-0.2, 0) is 28.3 Å². The second-order valence-electron chi connectivity index (χ2n) is 10.2. The van der Waals surface area contributed by atoms with Gasteiger partial charge in [0.05, 0.1) is 15.8 Å². The quantitative estimate of drug-likeness (QED) is 0.290. The SMILES string of the molecule is Cc1ccc(CN(C(=O)CSCc2ccc(Cl)c(Cl)c2)[C@@H](Cc2ccccc2)C(=O)NC(C)(C)C)cc1. The monoisotopic (exact) mass is 556 g/mol. The van der Waals surface area contributed by atoms with Crippen molar-refractivity contribution in [3.63, 3.8) is 0 Å². The Kier molecular flexibility index (Phi) is 10.5. The predicted molar refractivity (Wildman–Crippen MR) is 156 cm³/mol. The standard InChI is InChI=1S/C30H34Cl2N2O2S/c1-21-10-12-23(13-11-21)18-34(28(35)20-37-19-24-14-15-25(31)26(32)16-24)27(29(36)33-30(2,3)4)17-22-8-6-5-7-9-22/h5-16,27H,17-20H2,1-4H3,(H,33,36)/t27-/m0/s1. The molecule has 0 heterocycles. The van der Waals surface area contributed by atoms with E-state index in [1.54, 1.807) is 11.0 Å². The number of carbonyl (C=O) groups is 2. The molecule has 3 aromatic rings. The molecule has 1 N–H and O–H groups in total. The maximum absolute atomic E-state index is 13.7. The van der Waals surface area contributed by atoms with Crippen molar-refractivity contribution in [2.45, 2.75) is 58.0 Å². The van der Waals surface area contributed by atoms with Crippen LogP contribution >= 0.6 is 35.0 Å². The molecule has 4 nitrogen and oxygen atoms in total. The summed E-state index contributed by atoms with van der Waals surface area (Å²) in [7, 11) is 0. The van der Waals surface area contributed by atoms with Crippen molar-refractivity contribution < 1.29 is 9.59 Å². The van der Waals surface area contributed by atoms with E-state index in [4.69, 9.17) is 23.2 Å². The van der Waals surface area contributed by atoms with Gasteiger partial charge >= 0.3 is 0 Å². The maximum atomic E-state index is 13.7. The largest absolute Gasteiger partial charge is 0.350 e. The number of amides is 2. The Morgan fingerprint density at radius 2 is 1.54 bits per heavy atom. The van der Waals surface area contributed by atoms with E-state index in [2.05, 4.69) is 5.32 Å². The van der Waals surface area contributed by atoms with Crippen LogP contribution in [0.1, 0.15) is 43.0 Å². The zero-order valence-electron chi connectivity index (χ0n) is 21.8. The van der Waals surface area contributed by atoms with Gasteiger partial charge in [0.2, 0.25) is 11.8 Å². The molecule has 0 aliphatic rings. The first kappa shape index (κ1) is 29.1. The van der Waals surface area contributed by atoms with Gasteiger partial charge in [-0.05, 0) is 56.5 Å². The van der Waals surface area contributed by atoms with Crippen molar-refractivity contribution in [3.8, 4) is 0 Å². The van der Waals surface area contributed by atoms with E-state index in [0.29, 0.717) is 28.8 Å². The van der Waals surface area contributed by atoms with Crippen molar-refractivity contribution in [3.05, 3.63) is 105 Å². The Labute approximate surface area is 234 Å². The number of hydrogen-bond donors (Lipinski definition) is 1. The first-order valence-electron chi connectivity index (χ1n) is 12.2. The van der Waals surface area contributed by atoms with Gasteiger partial charge in [-0.1, -0.05) is 89.4 Å². The van der Waals surface area contributed by atoms with Crippen molar-refractivity contribution >= 4 is 46.8 Å². The van der Waals surface area contributed by atoms with E-state index in [1.165, 1.54) is 11.8 Å². The number of benzene rings is 3. The molecule has 3 rings (SSSR count). The lowest BCUT2D eigenvalue weighted by molar-refractivity contribution is -0.140.